The van der Waals surface area contributed by atoms with Crippen LogP contribution in [0.15, 0.2) is 61.1 Å². The van der Waals surface area contributed by atoms with Gasteiger partial charge in [0, 0.05) is 30.1 Å². The van der Waals surface area contributed by atoms with E-state index < -0.39 is 0 Å². The van der Waals surface area contributed by atoms with E-state index in [1.54, 1.807) is 36.8 Å². The number of hydrogen-bond donors (Lipinski definition) is 3. The number of amides is 2. The monoisotopic (exact) mass is 404 g/mol. The van der Waals surface area contributed by atoms with Crippen LogP contribution in [0.1, 0.15) is 18.4 Å². The molecular weight excluding hydrogens is 383 g/mol. The maximum Gasteiger partial charge on any atom is 0.320 e. The minimum Gasteiger partial charge on any atom is -0.338 e. The van der Waals surface area contributed by atoms with E-state index in [1.165, 1.54) is 6.07 Å². The number of unbranched alkanes of at least 4 members (excludes halogenated alkanes) is 1. The number of aryl methyl sites for hydroxylation is 1. The zero-order chi connectivity index (χ0) is 20.8. The van der Waals surface area contributed by atoms with Gasteiger partial charge in [-0.1, -0.05) is 18.2 Å². The Balaban J connectivity index is 1.29. The second-order valence-electron chi connectivity index (χ2n) is 6.88. The molecule has 4 aromatic rings. The lowest BCUT2D eigenvalue weighted by atomic mass is 10.1. The van der Waals surface area contributed by atoms with Crippen molar-refractivity contribution in [1.82, 2.24) is 25.5 Å². The molecule has 0 spiro atoms. The van der Waals surface area contributed by atoms with Crippen LogP contribution in [0.3, 0.4) is 0 Å². The number of benzene rings is 1. The largest absolute Gasteiger partial charge is 0.338 e. The lowest BCUT2D eigenvalue weighted by molar-refractivity contribution is 0.252. The van der Waals surface area contributed by atoms with Gasteiger partial charge in [-0.3, -0.25) is 15.4 Å². The first-order valence-corrected chi connectivity index (χ1v) is 9.73. The summed E-state index contributed by atoms with van der Waals surface area (Å²) in [5, 5.41) is 12.3. The lowest BCUT2D eigenvalue weighted by Crippen LogP contribution is -2.29. The Hall–Kier alpha value is -3.81. The Bertz CT molecular complexity index is 1150. The molecule has 0 aliphatic carbocycles. The molecule has 0 aliphatic rings. The zero-order valence-corrected chi connectivity index (χ0v) is 16.2. The molecule has 0 atom stereocenters. The normalized spacial score (nSPS) is 10.8. The number of rotatable bonds is 7. The summed E-state index contributed by atoms with van der Waals surface area (Å²) in [6.07, 6.45) is 7.45. The number of aromatic nitrogens is 4. The highest BCUT2D eigenvalue weighted by molar-refractivity contribution is 5.90. The highest BCUT2D eigenvalue weighted by Gasteiger charge is 2.07. The third-order valence-electron chi connectivity index (χ3n) is 4.73. The summed E-state index contributed by atoms with van der Waals surface area (Å²) < 4.78 is 13.6. The predicted molar refractivity (Wildman–Crippen MR) is 113 cm³/mol. The predicted octanol–water partition coefficient (Wildman–Crippen LogP) is 4.30. The Morgan fingerprint density at radius 2 is 1.93 bits per heavy atom. The van der Waals surface area contributed by atoms with Gasteiger partial charge >= 0.3 is 6.03 Å². The second-order valence-corrected chi connectivity index (χ2v) is 6.88. The minimum atomic E-state index is -0.327. The van der Waals surface area contributed by atoms with Crippen molar-refractivity contribution >= 4 is 22.9 Å². The van der Waals surface area contributed by atoms with E-state index in [1.807, 2.05) is 18.2 Å². The lowest BCUT2D eigenvalue weighted by Gasteiger charge is -2.08. The third kappa shape index (κ3) is 4.78. The quantitative estimate of drug-likeness (QED) is 0.400. The van der Waals surface area contributed by atoms with Crippen LogP contribution in [0.25, 0.3) is 22.2 Å². The molecule has 2 amide bonds. The molecule has 3 N–H and O–H groups in total. The van der Waals surface area contributed by atoms with Crippen molar-refractivity contribution < 1.29 is 9.18 Å². The molecule has 0 unspecified atom stereocenters. The average Bonchev–Trinajstić information content (AvgIpc) is 3.29. The fourth-order valence-corrected chi connectivity index (χ4v) is 3.15. The van der Waals surface area contributed by atoms with Crippen molar-refractivity contribution in [3.8, 4) is 11.1 Å². The number of pyridine rings is 2. The Morgan fingerprint density at radius 3 is 2.77 bits per heavy atom. The molecule has 0 radical (unpaired) electrons. The molecule has 0 fully saturated rings. The number of halogens is 1. The van der Waals surface area contributed by atoms with E-state index in [4.69, 9.17) is 0 Å². The molecule has 0 saturated carbocycles. The molecule has 3 heterocycles. The number of nitrogens with zero attached hydrogens (tertiary/aromatic N) is 3. The van der Waals surface area contributed by atoms with Crippen molar-refractivity contribution in [2.24, 2.45) is 0 Å². The number of hydrogen-bond acceptors (Lipinski definition) is 4. The van der Waals surface area contributed by atoms with E-state index in [0.717, 1.165) is 29.5 Å². The SMILES string of the molecule is O=C(NCCCCc1ccccc1F)Nc1ccc2ncc(-c3cn[nH]c3)cc2n1. The number of aromatic amines is 1. The van der Waals surface area contributed by atoms with Crippen molar-refractivity contribution in [3.63, 3.8) is 0 Å². The van der Waals surface area contributed by atoms with E-state index in [9.17, 15) is 9.18 Å². The maximum absolute atomic E-state index is 13.6. The summed E-state index contributed by atoms with van der Waals surface area (Å²) >= 11 is 0. The molecule has 4 rings (SSSR count). The molecule has 7 nitrogen and oxygen atoms in total. The molecule has 0 saturated heterocycles. The first-order chi connectivity index (χ1) is 14.7. The number of H-pyrrole nitrogens is 1. The molecular formula is C22H21FN6O. The highest BCUT2D eigenvalue weighted by Crippen LogP contribution is 2.21. The van der Waals surface area contributed by atoms with Crippen molar-refractivity contribution in [1.29, 1.82) is 0 Å². The van der Waals surface area contributed by atoms with Crippen LogP contribution in [-0.2, 0) is 6.42 Å². The minimum absolute atomic E-state index is 0.184. The van der Waals surface area contributed by atoms with E-state index in [2.05, 4.69) is 30.8 Å². The molecule has 1 aromatic carbocycles. The fraction of sp³-hybridized carbons (Fsp3) is 0.182. The van der Waals surface area contributed by atoms with Gasteiger partial charge in [0.15, 0.2) is 0 Å². The standard InChI is InChI=1S/C22H21FN6O/c23-18-7-2-1-5-15(18)6-3-4-10-24-22(30)29-21-9-8-19-20(28-21)11-16(12-25-19)17-13-26-27-14-17/h1-2,5,7-9,11-14H,3-4,6,10H2,(H,26,27)(H2,24,28,29,30). The first-order valence-electron chi connectivity index (χ1n) is 9.73. The Morgan fingerprint density at radius 1 is 1.03 bits per heavy atom. The molecule has 0 aliphatic heterocycles. The van der Waals surface area contributed by atoms with Gasteiger partial charge in [-0.2, -0.15) is 5.10 Å². The molecule has 8 heteroatoms. The van der Waals surface area contributed by atoms with Gasteiger partial charge in [-0.15, -0.1) is 0 Å². The Labute approximate surface area is 172 Å². The zero-order valence-electron chi connectivity index (χ0n) is 16.2. The van der Waals surface area contributed by atoms with Gasteiger partial charge in [-0.05, 0) is 49.1 Å². The van der Waals surface area contributed by atoms with Crippen LogP contribution in [0.2, 0.25) is 0 Å². The van der Waals surface area contributed by atoms with Crippen LogP contribution in [0, 0.1) is 5.82 Å². The topological polar surface area (TPSA) is 95.6 Å². The average molecular weight is 404 g/mol. The number of carbonyl (C=O) groups is 1. The number of anilines is 1. The number of urea groups is 1. The third-order valence-corrected chi connectivity index (χ3v) is 4.73. The molecule has 30 heavy (non-hydrogen) atoms. The molecule has 0 bridgehead atoms. The van der Waals surface area contributed by atoms with Crippen LogP contribution in [0.5, 0.6) is 0 Å². The van der Waals surface area contributed by atoms with Gasteiger partial charge in [0.2, 0.25) is 0 Å². The summed E-state index contributed by atoms with van der Waals surface area (Å²) in [6, 6.07) is 11.9. The molecule has 3 aromatic heterocycles. The van der Waals surface area contributed by atoms with E-state index in [0.29, 0.717) is 29.9 Å². The number of nitrogens with one attached hydrogen (secondary N) is 3. The smallest absolute Gasteiger partial charge is 0.320 e. The maximum atomic E-state index is 13.6. The van der Waals surface area contributed by atoms with Crippen LogP contribution >= 0.6 is 0 Å². The summed E-state index contributed by atoms with van der Waals surface area (Å²) in [5.74, 6) is 0.258. The first kappa shape index (κ1) is 19.5. The summed E-state index contributed by atoms with van der Waals surface area (Å²) in [5.41, 5.74) is 3.92. The second kappa shape index (κ2) is 9.13. The van der Waals surface area contributed by atoms with Gasteiger partial charge in [0.25, 0.3) is 0 Å². The molecule has 152 valence electrons. The van der Waals surface area contributed by atoms with Crippen LogP contribution in [0.4, 0.5) is 15.0 Å². The van der Waals surface area contributed by atoms with Gasteiger partial charge in [-0.25, -0.2) is 14.2 Å². The van der Waals surface area contributed by atoms with Crippen molar-refractivity contribution in [3.05, 3.63) is 72.4 Å². The van der Waals surface area contributed by atoms with Crippen molar-refractivity contribution in [2.75, 3.05) is 11.9 Å². The number of carbonyl (C=O) groups excluding carboxylic acids is 1. The van der Waals surface area contributed by atoms with Crippen LogP contribution in [-0.4, -0.2) is 32.7 Å². The van der Waals surface area contributed by atoms with Crippen molar-refractivity contribution in [2.45, 2.75) is 19.3 Å². The van der Waals surface area contributed by atoms with Gasteiger partial charge < -0.3 is 5.32 Å². The highest BCUT2D eigenvalue weighted by atomic mass is 19.1. The van der Waals surface area contributed by atoms with Gasteiger partial charge in [0.1, 0.15) is 11.6 Å². The Kier molecular flexibility index (Phi) is 5.93. The van der Waals surface area contributed by atoms with Gasteiger partial charge in [0.05, 0.1) is 17.2 Å². The summed E-state index contributed by atoms with van der Waals surface area (Å²) in [7, 11) is 0. The fourth-order valence-electron chi connectivity index (χ4n) is 3.15. The van der Waals surface area contributed by atoms with E-state index >= 15 is 0 Å². The number of fused-ring (bicyclic) bond motifs is 1. The van der Waals surface area contributed by atoms with E-state index in [-0.39, 0.29) is 11.8 Å². The van der Waals surface area contributed by atoms with Crippen LogP contribution < -0.4 is 10.6 Å². The summed E-state index contributed by atoms with van der Waals surface area (Å²) in [6.45, 7) is 0.500. The summed E-state index contributed by atoms with van der Waals surface area (Å²) in [4.78, 5) is 21.0.